The van der Waals surface area contributed by atoms with Crippen molar-refractivity contribution in [3.63, 3.8) is 0 Å². The number of rotatable bonds is 3. The molecule has 0 atom stereocenters. The fourth-order valence-electron chi connectivity index (χ4n) is 5.06. The number of hydrogen-bond donors (Lipinski definition) is 0. The summed E-state index contributed by atoms with van der Waals surface area (Å²) in [5.41, 5.74) is -1.10. The first-order valence-corrected chi connectivity index (χ1v) is 12.1. The van der Waals surface area contributed by atoms with E-state index in [1.165, 1.54) is 0 Å². The van der Waals surface area contributed by atoms with Gasteiger partial charge >= 0.3 is 0 Å². The molecule has 0 aliphatic carbocycles. The van der Waals surface area contributed by atoms with Crippen LogP contribution >= 0.6 is 0 Å². The van der Waals surface area contributed by atoms with Crippen LogP contribution < -0.4 is 0 Å². The lowest BCUT2D eigenvalue weighted by Crippen LogP contribution is -1.90. The molecule has 1 heterocycles. The Balaban J connectivity index is 1.53. The lowest BCUT2D eigenvalue weighted by Gasteiger charge is -2.17. The average Bonchev–Trinajstić information content (AvgIpc) is 3.60. The van der Waals surface area contributed by atoms with Crippen LogP contribution in [-0.2, 0) is 0 Å². The van der Waals surface area contributed by atoms with Gasteiger partial charge in [-0.3, -0.25) is 0 Å². The van der Waals surface area contributed by atoms with Gasteiger partial charge in [-0.25, -0.2) is 0 Å². The zero-order chi connectivity index (χ0) is 39.7. The van der Waals surface area contributed by atoms with E-state index in [0.29, 0.717) is 32.7 Å². The molecule has 8 aromatic rings. The maximum atomic E-state index is 9.60. The molecule has 1 heteroatoms. The summed E-state index contributed by atoms with van der Waals surface area (Å²) < 4.78 is 145. The minimum atomic E-state index is -0.701. The Morgan fingerprint density at radius 2 is 0.923 bits per heavy atom. The van der Waals surface area contributed by atoms with Crippen LogP contribution in [0.2, 0.25) is 0 Å². The van der Waals surface area contributed by atoms with Crippen molar-refractivity contribution in [1.29, 1.82) is 0 Å². The molecule has 0 fully saturated rings. The summed E-state index contributed by atoms with van der Waals surface area (Å²) >= 11 is 0. The van der Waals surface area contributed by atoms with Gasteiger partial charge in [0.25, 0.3) is 0 Å². The molecule has 0 amide bonds. The molecule has 39 heavy (non-hydrogen) atoms. The standard InChI is InChI=1S/C38H24O/c1-3-11-25(12-4-1)27-19-21-29-34-23-28(20-22-35(34)39-36(29)24-27)38-32-17-9-7-15-30(32)37(26-13-5-2-6-14-26)31-16-8-10-18-33(31)38/h1-24H/i1D,2D,3D,4D,5D,6D,11D,12D,13D,14D,19D,20D,21D,22D,23D,24D. The molecule has 182 valence electrons. The second-order valence-corrected chi connectivity index (χ2v) is 8.85. The minimum Gasteiger partial charge on any atom is -0.456 e. The Labute approximate surface area is 249 Å². The van der Waals surface area contributed by atoms with Crippen molar-refractivity contribution in [3.05, 3.63) is 145 Å². The Kier molecular flexibility index (Phi) is 2.53. The van der Waals surface area contributed by atoms with Crippen LogP contribution in [0.25, 0.3) is 76.9 Å². The summed E-state index contributed by atoms with van der Waals surface area (Å²) in [5.74, 6) is 0. The summed E-state index contributed by atoms with van der Waals surface area (Å²) in [6.45, 7) is 0. The van der Waals surface area contributed by atoms with Crippen LogP contribution in [0, 0.1) is 0 Å². The summed E-state index contributed by atoms with van der Waals surface area (Å²) in [7, 11) is 0. The molecular formula is C38H24O. The van der Waals surface area contributed by atoms with Gasteiger partial charge in [0.2, 0.25) is 0 Å². The second-order valence-electron chi connectivity index (χ2n) is 8.85. The highest BCUT2D eigenvalue weighted by atomic mass is 16.3. The van der Waals surface area contributed by atoms with Crippen molar-refractivity contribution >= 4 is 43.5 Å². The predicted molar refractivity (Wildman–Crippen MR) is 165 cm³/mol. The summed E-state index contributed by atoms with van der Waals surface area (Å²) in [6.07, 6.45) is 0. The minimum absolute atomic E-state index is 0.0423. The fourth-order valence-corrected chi connectivity index (χ4v) is 5.06. The molecule has 0 bridgehead atoms. The number of furan rings is 1. The highest BCUT2D eigenvalue weighted by molar-refractivity contribution is 6.22. The third kappa shape index (κ3) is 3.48. The van der Waals surface area contributed by atoms with Gasteiger partial charge in [0.05, 0.1) is 21.9 Å². The molecule has 1 aromatic heterocycles. The van der Waals surface area contributed by atoms with E-state index < -0.39 is 102 Å². The van der Waals surface area contributed by atoms with Crippen LogP contribution in [0.4, 0.5) is 0 Å². The van der Waals surface area contributed by atoms with Gasteiger partial charge in [-0.15, -0.1) is 0 Å². The largest absolute Gasteiger partial charge is 0.456 e. The van der Waals surface area contributed by atoms with E-state index >= 15 is 0 Å². The van der Waals surface area contributed by atoms with Crippen LogP contribution in [0.15, 0.2) is 150 Å². The Bertz CT molecular complexity index is 2940. The molecule has 0 radical (unpaired) electrons. The highest BCUT2D eigenvalue weighted by Crippen LogP contribution is 2.44. The first-order chi connectivity index (χ1) is 26.0. The maximum Gasteiger partial charge on any atom is 0.136 e. The average molecular weight is 513 g/mol. The summed E-state index contributed by atoms with van der Waals surface area (Å²) in [6, 6.07) is 4.55. The Hall–Kier alpha value is -5.14. The van der Waals surface area contributed by atoms with E-state index in [1.807, 2.05) is 0 Å². The van der Waals surface area contributed by atoms with Gasteiger partial charge in [0, 0.05) is 10.8 Å². The zero-order valence-corrected chi connectivity index (χ0v) is 20.0. The van der Waals surface area contributed by atoms with Crippen LogP contribution in [0.3, 0.4) is 0 Å². The molecule has 0 N–H and O–H groups in total. The van der Waals surface area contributed by atoms with Crippen molar-refractivity contribution in [2.45, 2.75) is 0 Å². The summed E-state index contributed by atoms with van der Waals surface area (Å²) in [5, 5.41) is 1.37. The molecule has 8 rings (SSSR count). The lowest BCUT2D eigenvalue weighted by atomic mass is 9.86. The van der Waals surface area contributed by atoms with Crippen molar-refractivity contribution in [1.82, 2.24) is 0 Å². The highest BCUT2D eigenvalue weighted by Gasteiger charge is 2.17. The van der Waals surface area contributed by atoms with Gasteiger partial charge in [-0.1, -0.05) is 121 Å². The van der Waals surface area contributed by atoms with Crippen molar-refractivity contribution in [3.8, 4) is 33.4 Å². The van der Waals surface area contributed by atoms with Gasteiger partial charge < -0.3 is 4.42 Å². The smallest absolute Gasteiger partial charge is 0.136 e. The lowest BCUT2D eigenvalue weighted by molar-refractivity contribution is 0.669. The number of fused-ring (bicyclic) bond motifs is 5. The van der Waals surface area contributed by atoms with Crippen molar-refractivity contribution in [2.75, 3.05) is 0 Å². The quantitative estimate of drug-likeness (QED) is 0.215. The first-order valence-electron chi connectivity index (χ1n) is 20.1. The van der Waals surface area contributed by atoms with E-state index in [-0.39, 0.29) is 39.1 Å². The van der Waals surface area contributed by atoms with E-state index in [9.17, 15) is 2.74 Å². The molecule has 0 aliphatic rings. The van der Waals surface area contributed by atoms with Gasteiger partial charge in [0.1, 0.15) is 11.2 Å². The molecule has 7 aromatic carbocycles. The fraction of sp³-hybridized carbons (Fsp3) is 0. The molecule has 0 saturated carbocycles. The summed E-state index contributed by atoms with van der Waals surface area (Å²) in [4.78, 5) is 0. The predicted octanol–water partition coefficient (Wildman–Crippen LogP) is 10.9. The first kappa shape index (κ1) is 11.3. The van der Waals surface area contributed by atoms with E-state index in [1.54, 1.807) is 48.5 Å². The van der Waals surface area contributed by atoms with E-state index in [0.717, 1.165) is 0 Å². The normalized spacial score (nSPS) is 17.3. The van der Waals surface area contributed by atoms with Crippen LogP contribution in [0.1, 0.15) is 21.9 Å². The zero-order valence-electron chi connectivity index (χ0n) is 36.0. The molecule has 0 spiro atoms. The van der Waals surface area contributed by atoms with Gasteiger partial charge in [0.15, 0.2) is 0 Å². The maximum absolute atomic E-state index is 9.60. The SMILES string of the molecule is [2H]c1c([2H])c([2H])c(-c2c([2H])c([2H])c3c(oc4c([2H])c([2H])c(-c5c6ccccc6c(-c6c([2H])c([2H])c([2H])c([2H])c6[2H])c6ccccc56)c([2H])c43)c2[2H])c([2H])c1[2H]. The van der Waals surface area contributed by atoms with E-state index in [4.69, 9.17) is 23.6 Å². The van der Waals surface area contributed by atoms with Crippen LogP contribution in [-0.4, -0.2) is 0 Å². The Morgan fingerprint density at radius 3 is 1.54 bits per heavy atom. The monoisotopic (exact) mass is 512 g/mol. The van der Waals surface area contributed by atoms with E-state index in [2.05, 4.69) is 0 Å². The topological polar surface area (TPSA) is 13.1 Å². The Morgan fingerprint density at radius 1 is 0.385 bits per heavy atom. The molecule has 0 saturated heterocycles. The van der Waals surface area contributed by atoms with Crippen LogP contribution in [0.5, 0.6) is 0 Å². The molecule has 0 unspecified atom stereocenters. The number of benzene rings is 7. The van der Waals surface area contributed by atoms with Gasteiger partial charge in [-0.05, 0) is 79.1 Å². The number of hydrogen-bond acceptors (Lipinski definition) is 1. The second kappa shape index (κ2) is 8.72. The molecule has 1 nitrogen and oxygen atoms in total. The molecule has 0 aliphatic heterocycles. The van der Waals surface area contributed by atoms with Crippen molar-refractivity contribution < 1.29 is 26.3 Å². The third-order valence-electron chi connectivity index (χ3n) is 6.69. The molecular weight excluding hydrogens is 472 g/mol. The van der Waals surface area contributed by atoms with Gasteiger partial charge in [-0.2, -0.15) is 0 Å². The van der Waals surface area contributed by atoms with Crippen molar-refractivity contribution in [2.24, 2.45) is 0 Å². The third-order valence-corrected chi connectivity index (χ3v) is 6.69.